The molecule has 1 aliphatic heterocycles. The molecule has 2 amide bonds. The third kappa shape index (κ3) is 5.45. The molecule has 0 aliphatic carbocycles. The molecule has 0 bridgehead atoms. The van der Waals surface area contributed by atoms with E-state index >= 15 is 0 Å². The number of nitrogens with zero attached hydrogens (tertiary/aromatic N) is 2. The highest BCUT2D eigenvalue weighted by atomic mass is 16.6. The van der Waals surface area contributed by atoms with Crippen molar-refractivity contribution in [3.63, 3.8) is 0 Å². The number of hydrogen-bond acceptors (Lipinski definition) is 6. The first kappa shape index (κ1) is 24.1. The topological polar surface area (TPSA) is 85.4 Å². The fraction of sp³-hybridized carbons (Fsp3) is 0.400. The Morgan fingerprint density at radius 2 is 1.27 bits per heavy atom. The molecule has 1 aliphatic rings. The van der Waals surface area contributed by atoms with E-state index in [1.807, 2.05) is 38.1 Å². The highest BCUT2D eigenvalue weighted by molar-refractivity contribution is 5.97. The van der Waals surface area contributed by atoms with E-state index in [0.717, 1.165) is 11.1 Å². The lowest BCUT2D eigenvalue weighted by Gasteiger charge is -2.45. The van der Waals surface area contributed by atoms with Gasteiger partial charge in [0.2, 0.25) is 5.91 Å². The van der Waals surface area contributed by atoms with E-state index in [4.69, 9.17) is 14.2 Å². The van der Waals surface area contributed by atoms with E-state index in [1.165, 1.54) is 16.7 Å². The number of hydrogen-bond donors (Lipinski definition) is 0. The Hall–Kier alpha value is -3.55. The molecule has 2 atom stereocenters. The number of methoxy groups -OCH3 is 2. The predicted molar refractivity (Wildman–Crippen MR) is 121 cm³/mol. The minimum absolute atomic E-state index is 0.131. The SMILES string of the molecule is COc1ccc(CN2C(=O)[C@H](C(C)C)N(Cc3ccc(OC)cc3)C(=O)C2OC(C)=O)cc1. The molecular weight excluding hydrogens is 424 g/mol. The smallest absolute Gasteiger partial charge is 0.304 e. The molecule has 33 heavy (non-hydrogen) atoms. The van der Waals surface area contributed by atoms with Crippen LogP contribution in [0.5, 0.6) is 11.5 Å². The molecular formula is C25H30N2O6. The van der Waals surface area contributed by atoms with Gasteiger partial charge in [-0.15, -0.1) is 0 Å². The Bertz CT molecular complexity index is 987. The molecule has 2 aromatic carbocycles. The zero-order chi connectivity index (χ0) is 24.1. The Labute approximate surface area is 194 Å². The van der Waals surface area contributed by atoms with Gasteiger partial charge in [0.15, 0.2) is 0 Å². The van der Waals surface area contributed by atoms with E-state index in [1.54, 1.807) is 38.5 Å². The van der Waals surface area contributed by atoms with Crippen molar-refractivity contribution in [3.8, 4) is 11.5 Å². The molecule has 3 rings (SSSR count). The van der Waals surface area contributed by atoms with E-state index in [2.05, 4.69) is 0 Å². The molecule has 0 spiro atoms. The molecule has 0 saturated carbocycles. The second-order valence-electron chi connectivity index (χ2n) is 8.28. The lowest BCUT2D eigenvalue weighted by atomic mass is 9.96. The van der Waals surface area contributed by atoms with Crippen LogP contribution in [0.4, 0.5) is 0 Å². The molecule has 1 unspecified atom stereocenters. The molecule has 1 heterocycles. The summed E-state index contributed by atoms with van der Waals surface area (Å²) in [6.07, 6.45) is -1.33. The molecule has 0 radical (unpaired) electrons. The maximum atomic E-state index is 13.6. The van der Waals surface area contributed by atoms with Crippen LogP contribution in [0.2, 0.25) is 0 Å². The molecule has 2 aromatic rings. The van der Waals surface area contributed by atoms with Gasteiger partial charge in [0.05, 0.1) is 14.2 Å². The largest absolute Gasteiger partial charge is 0.497 e. The first-order valence-corrected chi connectivity index (χ1v) is 10.8. The van der Waals surface area contributed by atoms with Crippen molar-refractivity contribution in [3.05, 3.63) is 59.7 Å². The van der Waals surface area contributed by atoms with Gasteiger partial charge in [-0.25, -0.2) is 0 Å². The summed E-state index contributed by atoms with van der Waals surface area (Å²) in [4.78, 5) is 41.9. The summed E-state index contributed by atoms with van der Waals surface area (Å²) in [6, 6.07) is 13.8. The minimum Gasteiger partial charge on any atom is -0.497 e. The van der Waals surface area contributed by atoms with E-state index in [0.29, 0.717) is 11.5 Å². The number of rotatable bonds is 8. The molecule has 1 fully saturated rings. The third-order valence-corrected chi connectivity index (χ3v) is 5.58. The molecule has 0 N–H and O–H groups in total. The maximum Gasteiger partial charge on any atom is 0.304 e. The third-order valence-electron chi connectivity index (χ3n) is 5.58. The predicted octanol–water partition coefficient (Wildman–Crippen LogP) is 2.99. The van der Waals surface area contributed by atoms with Gasteiger partial charge in [0.1, 0.15) is 17.5 Å². The van der Waals surface area contributed by atoms with Gasteiger partial charge in [0, 0.05) is 20.0 Å². The second kappa shape index (κ2) is 10.4. The Morgan fingerprint density at radius 3 is 1.67 bits per heavy atom. The van der Waals surface area contributed by atoms with Gasteiger partial charge < -0.3 is 19.1 Å². The van der Waals surface area contributed by atoms with Crippen LogP contribution >= 0.6 is 0 Å². The van der Waals surface area contributed by atoms with E-state index in [9.17, 15) is 14.4 Å². The van der Waals surface area contributed by atoms with Crippen LogP contribution in [0, 0.1) is 5.92 Å². The number of esters is 1. The van der Waals surface area contributed by atoms with Gasteiger partial charge >= 0.3 is 5.97 Å². The number of ether oxygens (including phenoxy) is 3. The Morgan fingerprint density at radius 1 is 0.818 bits per heavy atom. The fourth-order valence-corrected chi connectivity index (χ4v) is 3.94. The van der Waals surface area contributed by atoms with Crippen LogP contribution in [0.3, 0.4) is 0 Å². The summed E-state index contributed by atoms with van der Waals surface area (Å²) in [6.45, 7) is 5.37. The lowest BCUT2D eigenvalue weighted by Crippen LogP contribution is -2.66. The maximum absolute atomic E-state index is 13.6. The summed E-state index contributed by atoms with van der Waals surface area (Å²) < 4.78 is 15.7. The quantitative estimate of drug-likeness (QED) is 0.570. The highest BCUT2D eigenvalue weighted by Gasteiger charge is 2.48. The molecule has 176 valence electrons. The number of amides is 2. The van der Waals surface area contributed by atoms with Crippen molar-refractivity contribution >= 4 is 17.8 Å². The normalized spacial score (nSPS) is 18.5. The average molecular weight is 455 g/mol. The van der Waals surface area contributed by atoms with Crippen LogP contribution in [-0.4, -0.2) is 54.1 Å². The number of benzene rings is 2. The van der Waals surface area contributed by atoms with Crippen LogP contribution in [0.25, 0.3) is 0 Å². The zero-order valence-electron chi connectivity index (χ0n) is 19.6. The lowest BCUT2D eigenvalue weighted by molar-refractivity contribution is -0.191. The number of carbonyl (C=O) groups excluding carboxylic acids is 3. The second-order valence-corrected chi connectivity index (χ2v) is 8.28. The van der Waals surface area contributed by atoms with Crippen LogP contribution in [0.1, 0.15) is 31.9 Å². The van der Waals surface area contributed by atoms with Gasteiger partial charge in [-0.3, -0.25) is 19.3 Å². The number of piperazine rings is 1. The Kier molecular flexibility index (Phi) is 7.58. The summed E-state index contributed by atoms with van der Waals surface area (Å²) >= 11 is 0. The van der Waals surface area contributed by atoms with Crippen LogP contribution in [0.15, 0.2) is 48.5 Å². The first-order valence-electron chi connectivity index (χ1n) is 10.8. The van der Waals surface area contributed by atoms with Gasteiger partial charge in [-0.05, 0) is 41.3 Å². The van der Waals surface area contributed by atoms with Crippen molar-refractivity contribution in [1.29, 1.82) is 0 Å². The molecule has 8 heteroatoms. The van der Waals surface area contributed by atoms with Crippen molar-refractivity contribution in [1.82, 2.24) is 9.80 Å². The molecule has 1 saturated heterocycles. The summed E-state index contributed by atoms with van der Waals surface area (Å²) in [5.41, 5.74) is 1.63. The number of carbonyl (C=O) groups is 3. The van der Waals surface area contributed by atoms with Crippen molar-refractivity contribution in [2.24, 2.45) is 5.92 Å². The summed E-state index contributed by atoms with van der Waals surface area (Å²) in [5.74, 6) is -0.0802. The van der Waals surface area contributed by atoms with E-state index < -0.39 is 24.1 Å². The minimum atomic E-state index is -1.33. The first-order chi connectivity index (χ1) is 15.7. The average Bonchev–Trinajstić information content (AvgIpc) is 2.80. The summed E-state index contributed by atoms with van der Waals surface area (Å²) in [5, 5.41) is 0. The van der Waals surface area contributed by atoms with Crippen molar-refractivity contribution in [2.45, 2.75) is 46.1 Å². The Balaban J connectivity index is 1.93. The van der Waals surface area contributed by atoms with Crippen LogP contribution in [-0.2, 0) is 32.2 Å². The van der Waals surface area contributed by atoms with Gasteiger partial charge in [-0.1, -0.05) is 38.1 Å². The van der Waals surface area contributed by atoms with Crippen molar-refractivity contribution < 1.29 is 28.6 Å². The monoisotopic (exact) mass is 454 g/mol. The van der Waals surface area contributed by atoms with Crippen molar-refractivity contribution in [2.75, 3.05) is 14.2 Å². The zero-order valence-corrected chi connectivity index (χ0v) is 19.6. The highest BCUT2D eigenvalue weighted by Crippen LogP contribution is 2.28. The van der Waals surface area contributed by atoms with Gasteiger partial charge in [0.25, 0.3) is 12.1 Å². The van der Waals surface area contributed by atoms with E-state index in [-0.39, 0.29) is 24.9 Å². The molecule has 8 nitrogen and oxygen atoms in total. The standard InChI is InChI=1S/C25H30N2O6/c1-16(2)22-23(29)27(15-19-8-12-21(32-5)13-9-19)25(33-17(3)28)24(30)26(22)14-18-6-10-20(31-4)11-7-18/h6-13,16,22,25H,14-15H2,1-5H3/t22-,25?/m0/s1. The summed E-state index contributed by atoms with van der Waals surface area (Å²) in [7, 11) is 3.15. The fourth-order valence-electron chi connectivity index (χ4n) is 3.94. The van der Waals surface area contributed by atoms with Crippen LogP contribution < -0.4 is 9.47 Å². The molecule has 0 aromatic heterocycles. The van der Waals surface area contributed by atoms with Gasteiger partial charge in [-0.2, -0.15) is 0 Å².